The van der Waals surface area contributed by atoms with Gasteiger partial charge in [-0.25, -0.2) is 0 Å². The summed E-state index contributed by atoms with van der Waals surface area (Å²) >= 11 is 0. The Morgan fingerprint density at radius 1 is 1.60 bits per heavy atom. The van der Waals surface area contributed by atoms with Gasteiger partial charge in [0.1, 0.15) is 5.92 Å². The van der Waals surface area contributed by atoms with Crippen molar-refractivity contribution in [2.45, 2.75) is 27.2 Å². The monoisotopic (exact) mass is 206 g/mol. The van der Waals surface area contributed by atoms with Crippen molar-refractivity contribution in [1.29, 1.82) is 5.26 Å². The molecule has 1 aliphatic heterocycles. The Balaban J connectivity index is 3.22. The van der Waals surface area contributed by atoms with Crippen LogP contribution in [0.1, 0.15) is 27.2 Å². The van der Waals surface area contributed by atoms with Gasteiger partial charge in [-0.2, -0.15) is 5.26 Å². The number of nitriles is 1. The van der Waals surface area contributed by atoms with E-state index in [2.05, 4.69) is 5.32 Å². The molecule has 0 radical (unpaired) electrons. The molecule has 4 heteroatoms. The summed E-state index contributed by atoms with van der Waals surface area (Å²) in [5.41, 5.74) is 1.18. The highest BCUT2D eigenvalue weighted by atomic mass is 16.2. The van der Waals surface area contributed by atoms with E-state index in [1.54, 1.807) is 6.92 Å². The number of hydrogen-bond donors (Lipinski definition) is 1. The number of hydrogen-bond acceptors (Lipinski definition) is 3. The zero-order chi connectivity index (χ0) is 11.6. The lowest BCUT2D eigenvalue weighted by Crippen LogP contribution is -2.41. The molecule has 1 rings (SSSR count). The molecule has 80 valence electrons. The lowest BCUT2D eigenvalue weighted by Gasteiger charge is -2.28. The average molecular weight is 206 g/mol. The summed E-state index contributed by atoms with van der Waals surface area (Å²) in [5.74, 6) is -1.37. The number of carbonyl (C=O) groups excluding carboxylic acids is 2. The number of nitrogens with zero attached hydrogens (tertiary/aromatic N) is 1. The van der Waals surface area contributed by atoms with E-state index >= 15 is 0 Å². The molecule has 0 saturated heterocycles. The normalized spacial score (nSPS) is 25.9. The van der Waals surface area contributed by atoms with Crippen LogP contribution in [0.5, 0.6) is 0 Å². The molecule has 1 amide bonds. The fraction of sp³-hybridized carbons (Fsp3) is 0.545. The summed E-state index contributed by atoms with van der Waals surface area (Å²) in [5, 5.41) is 11.5. The van der Waals surface area contributed by atoms with Gasteiger partial charge in [0.25, 0.3) is 0 Å². The van der Waals surface area contributed by atoms with E-state index < -0.39 is 5.92 Å². The second-order valence-corrected chi connectivity index (χ2v) is 3.71. The maximum atomic E-state index is 11.5. The molecule has 0 aromatic rings. The van der Waals surface area contributed by atoms with Gasteiger partial charge < -0.3 is 5.32 Å². The van der Waals surface area contributed by atoms with Crippen molar-refractivity contribution in [3.8, 4) is 6.07 Å². The molecule has 0 saturated carbocycles. The van der Waals surface area contributed by atoms with Gasteiger partial charge in [-0.05, 0) is 20.3 Å². The number of amides is 1. The van der Waals surface area contributed by atoms with Gasteiger partial charge in [-0.3, -0.25) is 9.59 Å². The van der Waals surface area contributed by atoms with E-state index in [0.717, 1.165) is 0 Å². The third-order valence-corrected chi connectivity index (χ3v) is 2.73. The topological polar surface area (TPSA) is 70.0 Å². The van der Waals surface area contributed by atoms with Crippen LogP contribution in [0.3, 0.4) is 0 Å². The first kappa shape index (κ1) is 11.4. The Morgan fingerprint density at radius 3 is 2.60 bits per heavy atom. The van der Waals surface area contributed by atoms with Crippen molar-refractivity contribution >= 4 is 11.7 Å². The largest absolute Gasteiger partial charge is 0.328 e. The average Bonchev–Trinajstić information content (AvgIpc) is 2.15. The van der Waals surface area contributed by atoms with Crippen molar-refractivity contribution in [3.63, 3.8) is 0 Å². The zero-order valence-electron chi connectivity index (χ0n) is 9.13. The van der Waals surface area contributed by atoms with Crippen molar-refractivity contribution < 1.29 is 9.59 Å². The first-order valence-corrected chi connectivity index (χ1v) is 4.95. The van der Waals surface area contributed by atoms with Crippen LogP contribution in [-0.4, -0.2) is 11.7 Å². The second-order valence-electron chi connectivity index (χ2n) is 3.71. The third-order valence-electron chi connectivity index (χ3n) is 2.73. The van der Waals surface area contributed by atoms with Crippen LogP contribution in [0.15, 0.2) is 11.3 Å². The summed E-state index contributed by atoms with van der Waals surface area (Å²) in [6.45, 7) is 5.04. The van der Waals surface area contributed by atoms with Crippen LogP contribution in [0.25, 0.3) is 0 Å². The number of carbonyl (C=O) groups is 2. The molecule has 2 atom stereocenters. The Kier molecular flexibility index (Phi) is 3.25. The molecule has 0 spiro atoms. The zero-order valence-corrected chi connectivity index (χ0v) is 9.13. The first-order chi connectivity index (χ1) is 7.02. The van der Waals surface area contributed by atoms with E-state index in [1.165, 1.54) is 6.92 Å². The molecular formula is C11H14N2O2. The molecule has 1 heterocycles. The second kappa shape index (κ2) is 4.26. The summed E-state index contributed by atoms with van der Waals surface area (Å²) in [6, 6.07) is 1.96. The van der Waals surface area contributed by atoms with Crippen molar-refractivity contribution in [2.24, 2.45) is 11.8 Å². The van der Waals surface area contributed by atoms with Crippen LogP contribution >= 0.6 is 0 Å². The highest BCUT2D eigenvalue weighted by Crippen LogP contribution is 2.30. The van der Waals surface area contributed by atoms with Gasteiger partial charge in [0.2, 0.25) is 5.91 Å². The van der Waals surface area contributed by atoms with E-state index in [9.17, 15) is 9.59 Å². The van der Waals surface area contributed by atoms with Crippen LogP contribution in [0.4, 0.5) is 0 Å². The van der Waals surface area contributed by atoms with E-state index in [0.29, 0.717) is 17.7 Å². The molecule has 1 N–H and O–H groups in total. The van der Waals surface area contributed by atoms with Gasteiger partial charge in [-0.1, -0.05) is 6.92 Å². The molecule has 0 bridgehead atoms. The molecule has 4 nitrogen and oxygen atoms in total. The molecule has 2 unspecified atom stereocenters. The number of Topliss-reactive ketones (excluding diaryl/α,β-unsaturated/α-hetero) is 1. The summed E-state index contributed by atoms with van der Waals surface area (Å²) in [4.78, 5) is 22.9. The number of rotatable bonds is 2. The molecule has 0 aromatic heterocycles. The lowest BCUT2D eigenvalue weighted by atomic mass is 9.79. The molecule has 1 aliphatic rings. The smallest absolute Gasteiger partial charge is 0.242 e. The molecule has 0 aliphatic carbocycles. The summed E-state index contributed by atoms with van der Waals surface area (Å²) in [6.07, 6.45) is 0.623. The fourth-order valence-corrected chi connectivity index (χ4v) is 2.07. The highest BCUT2D eigenvalue weighted by Gasteiger charge is 2.36. The van der Waals surface area contributed by atoms with E-state index in [4.69, 9.17) is 5.26 Å². The Bertz CT molecular complexity index is 377. The van der Waals surface area contributed by atoms with Gasteiger partial charge in [-0.15, -0.1) is 0 Å². The minimum absolute atomic E-state index is 0.0698. The van der Waals surface area contributed by atoms with Crippen LogP contribution < -0.4 is 5.32 Å². The van der Waals surface area contributed by atoms with Gasteiger partial charge in [0.05, 0.1) is 6.07 Å². The third kappa shape index (κ3) is 1.91. The van der Waals surface area contributed by atoms with E-state index in [1.807, 2.05) is 13.0 Å². The quantitative estimate of drug-likeness (QED) is 0.736. The summed E-state index contributed by atoms with van der Waals surface area (Å²) < 4.78 is 0. The predicted octanol–water partition coefficient (Wildman–Crippen LogP) is 1.15. The summed E-state index contributed by atoms with van der Waals surface area (Å²) in [7, 11) is 0. The minimum atomic E-state index is -0.738. The van der Waals surface area contributed by atoms with E-state index in [-0.39, 0.29) is 17.6 Å². The number of allylic oxidation sites excluding steroid dienone is 2. The molecule has 0 fully saturated rings. The maximum absolute atomic E-state index is 11.5. The highest BCUT2D eigenvalue weighted by molar-refractivity contribution is 5.98. The Morgan fingerprint density at radius 2 is 2.20 bits per heavy atom. The maximum Gasteiger partial charge on any atom is 0.242 e. The predicted molar refractivity (Wildman–Crippen MR) is 54.4 cm³/mol. The minimum Gasteiger partial charge on any atom is -0.328 e. The lowest BCUT2D eigenvalue weighted by molar-refractivity contribution is -0.124. The number of ketones is 1. The van der Waals surface area contributed by atoms with Crippen molar-refractivity contribution in [3.05, 3.63) is 11.3 Å². The number of nitrogens with one attached hydrogen (secondary N) is 1. The van der Waals surface area contributed by atoms with Gasteiger partial charge in [0.15, 0.2) is 5.78 Å². The van der Waals surface area contributed by atoms with Crippen LogP contribution in [0.2, 0.25) is 0 Å². The van der Waals surface area contributed by atoms with Crippen molar-refractivity contribution in [2.75, 3.05) is 0 Å². The van der Waals surface area contributed by atoms with Gasteiger partial charge >= 0.3 is 0 Å². The molecule has 0 aromatic carbocycles. The Labute approximate surface area is 89.0 Å². The fourth-order valence-electron chi connectivity index (χ4n) is 2.07. The standard InChI is InChI=1S/C11H14N2O2/c1-4-8-9(5-12)11(15)13-6(2)10(8)7(3)14/h8-9H,4H2,1-3H3,(H,13,15). The molecular weight excluding hydrogens is 192 g/mol. The SMILES string of the molecule is CCC1C(C(C)=O)=C(C)NC(=O)C1C#N. The first-order valence-electron chi connectivity index (χ1n) is 4.95. The Hall–Kier alpha value is -1.63. The molecule has 15 heavy (non-hydrogen) atoms. The van der Waals surface area contributed by atoms with Gasteiger partial charge in [0, 0.05) is 17.2 Å². The van der Waals surface area contributed by atoms with Crippen molar-refractivity contribution in [1.82, 2.24) is 5.32 Å². The van der Waals surface area contributed by atoms with Crippen LogP contribution in [0, 0.1) is 23.2 Å². The van der Waals surface area contributed by atoms with Crippen LogP contribution in [-0.2, 0) is 9.59 Å².